The number of aromatic nitrogens is 1. The number of aryl methyl sites for hydroxylation is 1. The van der Waals surface area contributed by atoms with Crippen molar-refractivity contribution in [3.05, 3.63) is 29.6 Å². The van der Waals surface area contributed by atoms with E-state index in [0.717, 1.165) is 57.7 Å². The van der Waals surface area contributed by atoms with E-state index in [2.05, 4.69) is 21.8 Å². The molecule has 5 nitrogen and oxygen atoms in total. The molecule has 2 aliphatic rings. The number of hydrogen-bond acceptors (Lipinski definition) is 4. The van der Waals surface area contributed by atoms with Gasteiger partial charge >= 0.3 is 0 Å². The molecule has 0 unspecified atom stereocenters. The van der Waals surface area contributed by atoms with Gasteiger partial charge in [-0.3, -0.25) is 14.7 Å². The number of pyridine rings is 1. The van der Waals surface area contributed by atoms with E-state index < -0.39 is 0 Å². The SMILES string of the molecule is Cc1ccc(C(=O)N2CCC(N3CCN(C)CC3)CC2)nc1. The Morgan fingerprint density at radius 3 is 2.36 bits per heavy atom. The molecule has 0 atom stereocenters. The number of carbonyl (C=O) groups is 1. The van der Waals surface area contributed by atoms with Crippen molar-refractivity contribution in [2.75, 3.05) is 46.3 Å². The topological polar surface area (TPSA) is 39.7 Å². The normalized spacial score (nSPS) is 22.0. The lowest BCUT2D eigenvalue weighted by molar-refractivity contribution is 0.0514. The standard InChI is InChI=1S/C17H26N4O/c1-14-3-4-16(18-13-14)17(22)21-7-5-15(6-8-21)20-11-9-19(2)10-12-20/h3-4,13,15H,5-12H2,1-2H3. The maximum atomic E-state index is 12.5. The van der Waals surface area contributed by atoms with Crippen LogP contribution >= 0.6 is 0 Å². The number of amides is 1. The van der Waals surface area contributed by atoms with Crippen LogP contribution in [0.4, 0.5) is 0 Å². The summed E-state index contributed by atoms with van der Waals surface area (Å²) in [7, 11) is 2.19. The van der Waals surface area contributed by atoms with E-state index in [0.29, 0.717) is 11.7 Å². The molecule has 2 aliphatic heterocycles. The van der Waals surface area contributed by atoms with Gasteiger partial charge in [-0.2, -0.15) is 0 Å². The number of piperidine rings is 1. The Morgan fingerprint density at radius 1 is 1.09 bits per heavy atom. The van der Waals surface area contributed by atoms with Gasteiger partial charge in [-0.25, -0.2) is 0 Å². The molecule has 0 bridgehead atoms. The number of hydrogen-bond donors (Lipinski definition) is 0. The minimum absolute atomic E-state index is 0.0804. The summed E-state index contributed by atoms with van der Waals surface area (Å²) in [5.74, 6) is 0.0804. The first-order valence-electron chi connectivity index (χ1n) is 8.28. The van der Waals surface area contributed by atoms with Gasteiger partial charge in [0.05, 0.1) is 0 Å². The second kappa shape index (κ2) is 6.75. The van der Waals surface area contributed by atoms with Gasteiger partial charge in [0.15, 0.2) is 0 Å². The monoisotopic (exact) mass is 302 g/mol. The lowest BCUT2D eigenvalue weighted by atomic mass is 10.0. The lowest BCUT2D eigenvalue weighted by Crippen LogP contribution is -2.53. The maximum absolute atomic E-state index is 12.5. The second-order valence-electron chi connectivity index (χ2n) is 6.58. The molecule has 3 heterocycles. The first-order chi connectivity index (χ1) is 10.6. The van der Waals surface area contributed by atoms with Crippen molar-refractivity contribution in [2.45, 2.75) is 25.8 Å². The van der Waals surface area contributed by atoms with Crippen LogP contribution in [0.25, 0.3) is 0 Å². The van der Waals surface area contributed by atoms with Crippen LogP contribution in [0.1, 0.15) is 28.9 Å². The Kier molecular flexibility index (Phi) is 4.74. The molecule has 2 fully saturated rings. The van der Waals surface area contributed by atoms with Crippen molar-refractivity contribution in [1.82, 2.24) is 19.7 Å². The molecule has 5 heteroatoms. The number of carbonyl (C=O) groups excluding carboxylic acids is 1. The zero-order valence-corrected chi connectivity index (χ0v) is 13.7. The average molecular weight is 302 g/mol. The predicted molar refractivity (Wildman–Crippen MR) is 87.0 cm³/mol. The molecule has 0 N–H and O–H groups in total. The summed E-state index contributed by atoms with van der Waals surface area (Å²) in [6.45, 7) is 8.34. The number of likely N-dealkylation sites (N-methyl/N-ethyl adjacent to an activating group) is 1. The fourth-order valence-corrected chi connectivity index (χ4v) is 3.38. The second-order valence-corrected chi connectivity index (χ2v) is 6.58. The molecule has 0 saturated carbocycles. The number of nitrogens with zero attached hydrogens (tertiary/aromatic N) is 4. The van der Waals surface area contributed by atoms with Crippen LogP contribution in [-0.4, -0.2) is 77.9 Å². The van der Waals surface area contributed by atoms with Crippen molar-refractivity contribution in [2.24, 2.45) is 0 Å². The number of likely N-dealkylation sites (tertiary alicyclic amines) is 1. The van der Waals surface area contributed by atoms with Crippen LogP contribution in [-0.2, 0) is 0 Å². The molecule has 1 amide bonds. The third-order valence-corrected chi connectivity index (χ3v) is 4.94. The highest BCUT2D eigenvalue weighted by Crippen LogP contribution is 2.19. The molecule has 3 rings (SSSR count). The van der Waals surface area contributed by atoms with E-state index in [1.54, 1.807) is 6.20 Å². The number of rotatable bonds is 2. The maximum Gasteiger partial charge on any atom is 0.272 e. The Labute approximate surface area is 132 Å². The molecule has 22 heavy (non-hydrogen) atoms. The van der Waals surface area contributed by atoms with Gasteiger partial charge in [-0.15, -0.1) is 0 Å². The highest BCUT2D eigenvalue weighted by Gasteiger charge is 2.29. The molecule has 0 aliphatic carbocycles. The van der Waals surface area contributed by atoms with Gasteiger partial charge in [0.1, 0.15) is 5.69 Å². The van der Waals surface area contributed by atoms with E-state index in [-0.39, 0.29) is 5.91 Å². The van der Waals surface area contributed by atoms with Crippen LogP contribution in [0.2, 0.25) is 0 Å². The molecule has 1 aromatic heterocycles. The molecule has 0 radical (unpaired) electrons. The predicted octanol–water partition coefficient (Wildman–Crippen LogP) is 1.24. The van der Waals surface area contributed by atoms with Gasteiger partial charge in [0.25, 0.3) is 5.91 Å². The fourth-order valence-electron chi connectivity index (χ4n) is 3.38. The van der Waals surface area contributed by atoms with E-state index >= 15 is 0 Å². The highest BCUT2D eigenvalue weighted by atomic mass is 16.2. The summed E-state index contributed by atoms with van der Waals surface area (Å²) < 4.78 is 0. The zero-order chi connectivity index (χ0) is 15.5. The fraction of sp³-hybridized carbons (Fsp3) is 0.647. The Hall–Kier alpha value is -1.46. The molecule has 0 spiro atoms. The molecular weight excluding hydrogens is 276 g/mol. The minimum Gasteiger partial charge on any atom is -0.337 e. The van der Waals surface area contributed by atoms with Crippen molar-refractivity contribution in [3.8, 4) is 0 Å². The lowest BCUT2D eigenvalue weighted by Gasteiger charge is -2.42. The van der Waals surface area contributed by atoms with Gasteiger partial charge in [0.2, 0.25) is 0 Å². The van der Waals surface area contributed by atoms with E-state index in [4.69, 9.17) is 0 Å². The Bertz CT molecular complexity index is 500. The summed E-state index contributed by atoms with van der Waals surface area (Å²) in [5, 5.41) is 0. The number of piperazine rings is 1. The van der Waals surface area contributed by atoms with Crippen molar-refractivity contribution in [1.29, 1.82) is 0 Å². The quantitative estimate of drug-likeness (QED) is 0.824. The minimum atomic E-state index is 0.0804. The molecule has 120 valence electrons. The van der Waals surface area contributed by atoms with Gasteiger partial charge in [-0.05, 0) is 38.4 Å². The third kappa shape index (κ3) is 3.47. The summed E-state index contributed by atoms with van der Waals surface area (Å²) >= 11 is 0. The van der Waals surface area contributed by atoms with Crippen molar-refractivity contribution >= 4 is 5.91 Å². The van der Waals surface area contributed by atoms with Crippen LogP contribution in [0.15, 0.2) is 18.3 Å². The largest absolute Gasteiger partial charge is 0.337 e. The zero-order valence-electron chi connectivity index (χ0n) is 13.7. The smallest absolute Gasteiger partial charge is 0.272 e. The molecule has 2 saturated heterocycles. The summed E-state index contributed by atoms with van der Waals surface area (Å²) in [4.78, 5) is 23.7. The summed E-state index contributed by atoms with van der Waals surface area (Å²) in [5.41, 5.74) is 1.66. The van der Waals surface area contributed by atoms with Gasteiger partial charge in [0, 0.05) is 51.5 Å². The Balaban J connectivity index is 1.53. The van der Waals surface area contributed by atoms with E-state index in [1.165, 1.54) is 0 Å². The third-order valence-electron chi connectivity index (χ3n) is 4.94. The van der Waals surface area contributed by atoms with Crippen LogP contribution < -0.4 is 0 Å². The first kappa shape index (κ1) is 15.4. The molecular formula is C17H26N4O. The van der Waals surface area contributed by atoms with Gasteiger partial charge < -0.3 is 9.80 Å². The highest BCUT2D eigenvalue weighted by molar-refractivity contribution is 5.92. The first-order valence-corrected chi connectivity index (χ1v) is 8.28. The Morgan fingerprint density at radius 2 is 1.77 bits per heavy atom. The molecule has 0 aromatic carbocycles. The average Bonchev–Trinajstić information content (AvgIpc) is 2.56. The van der Waals surface area contributed by atoms with Crippen molar-refractivity contribution in [3.63, 3.8) is 0 Å². The van der Waals surface area contributed by atoms with Crippen LogP contribution in [0, 0.1) is 6.92 Å². The van der Waals surface area contributed by atoms with E-state index in [1.807, 2.05) is 24.0 Å². The summed E-state index contributed by atoms with van der Waals surface area (Å²) in [6.07, 6.45) is 3.94. The summed E-state index contributed by atoms with van der Waals surface area (Å²) in [6, 6.07) is 4.44. The van der Waals surface area contributed by atoms with Crippen LogP contribution in [0.3, 0.4) is 0 Å². The molecule has 1 aromatic rings. The van der Waals surface area contributed by atoms with Crippen LogP contribution in [0.5, 0.6) is 0 Å². The van der Waals surface area contributed by atoms with Gasteiger partial charge in [-0.1, -0.05) is 6.07 Å². The van der Waals surface area contributed by atoms with Crippen molar-refractivity contribution < 1.29 is 4.79 Å². The van der Waals surface area contributed by atoms with E-state index in [9.17, 15) is 4.79 Å².